The van der Waals surface area contributed by atoms with E-state index in [4.69, 9.17) is 0 Å². The number of rotatable bonds is 2. The second-order valence-corrected chi connectivity index (χ2v) is 7.24. The molecule has 0 spiro atoms. The molecule has 0 amide bonds. The fraction of sp³-hybridized carbons (Fsp3) is 0.235. The maximum absolute atomic E-state index is 13.1. The number of hydrogen-bond acceptors (Lipinski definition) is 5. The Bertz CT molecular complexity index is 1130. The number of hydrogen-bond donors (Lipinski definition) is 1. The van der Waals surface area contributed by atoms with Gasteiger partial charge in [0.15, 0.2) is 11.2 Å². The number of pyridine rings is 2. The smallest absolute Gasteiger partial charge is 0.376 e. The first-order chi connectivity index (χ1) is 12.1. The van der Waals surface area contributed by atoms with Gasteiger partial charge in [-0.05, 0) is 31.2 Å². The highest BCUT2D eigenvalue weighted by atomic mass is 32.1. The van der Waals surface area contributed by atoms with Crippen molar-refractivity contribution in [2.45, 2.75) is 18.7 Å². The molecular formula is C17H13F3N4OS. The molecule has 4 aromatic rings. The Morgan fingerprint density at radius 1 is 1.15 bits per heavy atom. The molecule has 0 saturated carbocycles. The molecule has 9 heteroatoms. The summed E-state index contributed by atoms with van der Waals surface area (Å²) >= 11 is 0.830. The SMILES string of the molecule is Cn1cc2cc(-c3ccc4cc([C@](C)(O)C(F)(F)F)sc4n3)cnc2n1. The van der Waals surface area contributed by atoms with E-state index >= 15 is 0 Å². The lowest BCUT2D eigenvalue weighted by Crippen LogP contribution is -2.38. The lowest BCUT2D eigenvalue weighted by atomic mass is 10.0. The average Bonchev–Trinajstić information content (AvgIpc) is 3.14. The Morgan fingerprint density at radius 3 is 2.65 bits per heavy atom. The molecule has 0 saturated heterocycles. The van der Waals surface area contributed by atoms with Crippen LogP contribution in [0, 0.1) is 0 Å². The van der Waals surface area contributed by atoms with Crippen LogP contribution in [0.15, 0.2) is 36.7 Å². The van der Waals surface area contributed by atoms with Crippen LogP contribution in [0.2, 0.25) is 0 Å². The average molecular weight is 378 g/mol. The number of fused-ring (bicyclic) bond motifs is 2. The second-order valence-electron chi connectivity index (χ2n) is 6.21. The molecule has 0 aromatic carbocycles. The van der Waals surface area contributed by atoms with Crippen LogP contribution in [0.25, 0.3) is 32.5 Å². The van der Waals surface area contributed by atoms with Crippen molar-refractivity contribution in [1.82, 2.24) is 19.7 Å². The lowest BCUT2D eigenvalue weighted by Gasteiger charge is -2.24. The van der Waals surface area contributed by atoms with Gasteiger partial charge in [-0.1, -0.05) is 0 Å². The van der Waals surface area contributed by atoms with E-state index in [-0.39, 0.29) is 4.88 Å². The minimum atomic E-state index is -4.76. The van der Waals surface area contributed by atoms with Crippen LogP contribution >= 0.6 is 11.3 Å². The maximum atomic E-state index is 13.1. The molecule has 4 rings (SSSR count). The molecule has 134 valence electrons. The van der Waals surface area contributed by atoms with E-state index in [0.29, 0.717) is 21.6 Å². The molecule has 0 fully saturated rings. The van der Waals surface area contributed by atoms with Gasteiger partial charge in [0, 0.05) is 40.7 Å². The molecule has 1 atom stereocenters. The number of halogens is 3. The van der Waals surface area contributed by atoms with Gasteiger partial charge < -0.3 is 5.11 Å². The van der Waals surface area contributed by atoms with Crippen LogP contribution in [0.4, 0.5) is 13.2 Å². The summed E-state index contributed by atoms with van der Waals surface area (Å²) in [6.45, 7) is 0.749. The third-order valence-electron chi connectivity index (χ3n) is 4.18. The highest BCUT2D eigenvalue weighted by Crippen LogP contribution is 2.43. The van der Waals surface area contributed by atoms with E-state index in [9.17, 15) is 18.3 Å². The van der Waals surface area contributed by atoms with Gasteiger partial charge in [-0.3, -0.25) is 4.68 Å². The number of nitrogens with zero attached hydrogens (tertiary/aromatic N) is 4. The van der Waals surface area contributed by atoms with Crippen LogP contribution in [0.5, 0.6) is 0 Å². The normalized spacial score (nSPS) is 14.8. The standard InChI is InChI=1S/C17H13F3N4OS/c1-16(25,17(18,19)20)13-6-9-3-4-12(22-15(9)26-13)10-5-11-8-24(2)23-14(11)21-7-10/h3-8,25H,1-2H3/t16-/m0/s1. The van der Waals surface area contributed by atoms with Crippen molar-refractivity contribution < 1.29 is 18.3 Å². The summed E-state index contributed by atoms with van der Waals surface area (Å²) in [5.74, 6) is 0. The summed E-state index contributed by atoms with van der Waals surface area (Å²) in [5.41, 5.74) is -0.966. The zero-order valence-electron chi connectivity index (χ0n) is 13.7. The molecule has 0 unspecified atom stereocenters. The Hall–Kier alpha value is -2.52. The molecule has 26 heavy (non-hydrogen) atoms. The zero-order valence-corrected chi connectivity index (χ0v) is 14.6. The van der Waals surface area contributed by atoms with Crippen molar-refractivity contribution in [2.24, 2.45) is 7.05 Å². The molecule has 0 bridgehead atoms. The first-order valence-electron chi connectivity index (χ1n) is 7.65. The van der Waals surface area contributed by atoms with Crippen molar-refractivity contribution >= 4 is 32.6 Å². The molecule has 0 aliphatic rings. The molecule has 5 nitrogen and oxygen atoms in total. The molecule has 4 aromatic heterocycles. The van der Waals surface area contributed by atoms with Crippen LogP contribution < -0.4 is 0 Å². The highest BCUT2D eigenvalue weighted by molar-refractivity contribution is 7.18. The Labute approximate surface area is 149 Å². The predicted octanol–water partition coefficient (Wildman–Crippen LogP) is 4.01. The third kappa shape index (κ3) is 2.63. The van der Waals surface area contributed by atoms with Crippen molar-refractivity contribution in [2.75, 3.05) is 0 Å². The van der Waals surface area contributed by atoms with Crippen molar-refractivity contribution in [3.05, 3.63) is 41.5 Å². The molecule has 0 aliphatic carbocycles. The monoisotopic (exact) mass is 378 g/mol. The number of aliphatic hydroxyl groups is 1. The first kappa shape index (κ1) is 16.9. The Morgan fingerprint density at radius 2 is 1.92 bits per heavy atom. The van der Waals surface area contributed by atoms with Crippen LogP contribution in [-0.4, -0.2) is 31.0 Å². The second kappa shape index (κ2) is 5.49. The van der Waals surface area contributed by atoms with Gasteiger partial charge in [0.05, 0.1) is 5.69 Å². The van der Waals surface area contributed by atoms with Crippen LogP contribution in [0.3, 0.4) is 0 Å². The number of thiophene rings is 1. The van der Waals surface area contributed by atoms with Crippen LogP contribution in [-0.2, 0) is 12.6 Å². The van der Waals surface area contributed by atoms with Crippen molar-refractivity contribution in [3.8, 4) is 11.3 Å². The maximum Gasteiger partial charge on any atom is 0.421 e. The largest absolute Gasteiger partial charge is 0.421 e. The summed E-state index contributed by atoms with van der Waals surface area (Å²) in [6, 6.07) is 6.62. The summed E-state index contributed by atoms with van der Waals surface area (Å²) in [4.78, 5) is 8.96. The zero-order chi connectivity index (χ0) is 18.7. The minimum Gasteiger partial charge on any atom is -0.376 e. The third-order valence-corrected chi connectivity index (χ3v) is 5.44. The fourth-order valence-electron chi connectivity index (χ4n) is 2.63. The van der Waals surface area contributed by atoms with Gasteiger partial charge in [0.2, 0.25) is 0 Å². The Kier molecular flexibility index (Phi) is 3.57. The highest BCUT2D eigenvalue weighted by Gasteiger charge is 2.52. The van der Waals surface area contributed by atoms with E-state index < -0.39 is 11.8 Å². The van der Waals surface area contributed by atoms with Crippen LogP contribution in [0.1, 0.15) is 11.8 Å². The quantitative estimate of drug-likeness (QED) is 0.572. The molecule has 4 heterocycles. The summed E-state index contributed by atoms with van der Waals surface area (Å²) < 4.78 is 40.8. The van der Waals surface area contributed by atoms with E-state index in [1.54, 1.807) is 30.1 Å². The number of alkyl halides is 3. The van der Waals surface area contributed by atoms with Gasteiger partial charge >= 0.3 is 6.18 Å². The predicted molar refractivity (Wildman–Crippen MR) is 92.7 cm³/mol. The van der Waals surface area contributed by atoms with Gasteiger partial charge in [-0.15, -0.1) is 11.3 Å². The van der Waals surface area contributed by atoms with Gasteiger partial charge in [0.1, 0.15) is 4.83 Å². The molecular weight excluding hydrogens is 365 g/mol. The van der Waals surface area contributed by atoms with E-state index in [2.05, 4.69) is 15.1 Å². The van der Waals surface area contributed by atoms with Crippen molar-refractivity contribution in [1.29, 1.82) is 0 Å². The van der Waals surface area contributed by atoms with E-state index in [1.807, 2.05) is 12.3 Å². The number of aryl methyl sites for hydroxylation is 1. The topological polar surface area (TPSA) is 63.8 Å². The van der Waals surface area contributed by atoms with E-state index in [0.717, 1.165) is 29.2 Å². The molecule has 0 radical (unpaired) electrons. The fourth-order valence-corrected chi connectivity index (χ4v) is 3.73. The molecule has 0 aliphatic heterocycles. The lowest BCUT2D eigenvalue weighted by molar-refractivity contribution is -0.257. The minimum absolute atomic E-state index is 0.189. The summed E-state index contributed by atoms with van der Waals surface area (Å²) in [7, 11) is 1.80. The van der Waals surface area contributed by atoms with E-state index in [1.165, 1.54) is 6.07 Å². The van der Waals surface area contributed by atoms with Gasteiger partial charge in [-0.2, -0.15) is 18.3 Å². The number of aromatic nitrogens is 4. The van der Waals surface area contributed by atoms with Gasteiger partial charge in [-0.25, -0.2) is 9.97 Å². The Balaban J connectivity index is 1.79. The van der Waals surface area contributed by atoms with Gasteiger partial charge in [0.25, 0.3) is 0 Å². The first-order valence-corrected chi connectivity index (χ1v) is 8.47. The van der Waals surface area contributed by atoms with Crippen molar-refractivity contribution in [3.63, 3.8) is 0 Å². The molecule has 1 N–H and O–H groups in total. The summed E-state index contributed by atoms with van der Waals surface area (Å²) in [6.07, 6.45) is -1.30. The summed E-state index contributed by atoms with van der Waals surface area (Å²) in [5, 5.41) is 15.5.